The van der Waals surface area contributed by atoms with Gasteiger partial charge in [0.25, 0.3) is 0 Å². The summed E-state index contributed by atoms with van der Waals surface area (Å²) in [5, 5.41) is 9.26. The highest BCUT2D eigenvalue weighted by atomic mass is 16.8. The van der Waals surface area contributed by atoms with E-state index < -0.39 is 11.9 Å². The van der Waals surface area contributed by atoms with Crippen LogP contribution in [0.1, 0.15) is 52.9 Å². The van der Waals surface area contributed by atoms with Crippen molar-refractivity contribution in [1.29, 1.82) is 0 Å². The van der Waals surface area contributed by atoms with Gasteiger partial charge in [-0.2, -0.15) is 0 Å². The summed E-state index contributed by atoms with van der Waals surface area (Å²) >= 11 is 0. The summed E-state index contributed by atoms with van der Waals surface area (Å²) in [5.41, 5.74) is 0. The predicted octanol–water partition coefficient (Wildman–Crippen LogP) is 3.28. The van der Waals surface area contributed by atoms with Crippen molar-refractivity contribution in [2.75, 3.05) is 0 Å². The van der Waals surface area contributed by atoms with Gasteiger partial charge in [-0.3, -0.25) is 0 Å². The molecule has 1 saturated heterocycles. The summed E-state index contributed by atoms with van der Waals surface area (Å²) in [4.78, 5) is 0. The largest absolute Gasteiger partial charge is 0.377 e. The molecule has 0 aromatic rings. The van der Waals surface area contributed by atoms with E-state index in [1.54, 1.807) is 0 Å². The molecule has 0 bridgehead atoms. The highest BCUT2D eigenvalue weighted by molar-refractivity contribution is 5.29. The third-order valence-corrected chi connectivity index (χ3v) is 4.55. The predicted molar refractivity (Wildman–Crippen MR) is 91.3 cm³/mol. The second-order valence-electron chi connectivity index (χ2n) is 6.98. The minimum atomic E-state index is -0.812. The van der Waals surface area contributed by atoms with Gasteiger partial charge in [0, 0.05) is 6.42 Å². The molecule has 3 heteroatoms. The summed E-state index contributed by atoms with van der Waals surface area (Å²) in [7, 11) is 0. The first-order valence-electron chi connectivity index (χ1n) is 8.59. The zero-order valence-electron chi connectivity index (χ0n) is 14.5. The Morgan fingerprint density at radius 2 is 2.04 bits per heavy atom. The lowest BCUT2D eigenvalue weighted by molar-refractivity contribution is -0.154. The van der Waals surface area contributed by atoms with Crippen molar-refractivity contribution in [3.63, 3.8) is 0 Å². The first kappa shape index (κ1) is 18.1. The fraction of sp³-hybridized carbons (Fsp3) is 0.700. The van der Waals surface area contributed by atoms with Crippen LogP contribution in [0.25, 0.3) is 0 Å². The van der Waals surface area contributed by atoms with Crippen LogP contribution in [0.5, 0.6) is 0 Å². The van der Waals surface area contributed by atoms with Crippen LogP contribution < -0.4 is 0 Å². The van der Waals surface area contributed by atoms with Crippen molar-refractivity contribution in [2.24, 2.45) is 11.8 Å². The molecule has 1 saturated carbocycles. The third kappa shape index (κ3) is 5.11. The number of aliphatic hydroxyl groups excluding tert-OH is 1. The summed E-state index contributed by atoms with van der Waals surface area (Å²) < 4.78 is 12.1. The average Bonchev–Trinajstić information content (AvgIpc) is 2.76. The normalized spacial score (nSPS) is 32.7. The van der Waals surface area contributed by atoms with Gasteiger partial charge >= 0.3 is 0 Å². The summed E-state index contributed by atoms with van der Waals surface area (Å²) in [6.07, 6.45) is 6.39. The fourth-order valence-corrected chi connectivity index (χ4v) is 3.48. The molecule has 2 rings (SSSR count). The fourth-order valence-electron chi connectivity index (χ4n) is 3.48. The molecule has 1 aliphatic heterocycles. The molecule has 1 aliphatic carbocycles. The van der Waals surface area contributed by atoms with Gasteiger partial charge in [-0.1, -0.05) is 44.3 Å². The molecule has 0 aromatic heterocycles. The molecular weight excluding hydrogens is 288 g/mol. The number of hydrogen-bond donors (Lipinski definition) is 1. The summed E-state index contributed by atoms with van der Waals surface area (Å²) in [6.45, 7) is 9.65. The maximum Gasteiger partial charge on any atom is 0.163 e. The van der Waals surface area contributed by atoms with Crippen LogP contribution in [0.15, 0.2) is 12.7 Å². The first-order chi connectivity index (χ1) is 10.9. The van der Waals surface area contributed by atoms with E-state index in [1.807, 2.05) is 13.8 Å². The summed E-state index contributed by atoms with van der Waals surface area (Å²) in [5.74, 6) is 12.0. The maximum atomic E-state index is 9.26. The molecule has 0 spiro atoms. The first-order valence-corrected chi connectivity index (χ1v) is 8.59. The molecule has 0 aromatic carbocycles. The quantitative estimate of drug-likeness (QED) is 0.625. The Bertz CT molecular complexity index is 523. The van der Waals surface area contributed by atoms with Gasteiger partial charge in [0.15, 0.2) is 5.79 Å². The van der Waals surface area contributed by atoms with Crippen LogP contribution >= 0.6 is 0 Å². The van der Waals surface area contributed by atoms with E-state index in [9.17, 15) is 5.11 Å². The molecule has 0 amide bonds. The Morgan fingerprint density at radius 1 is 1.30 bits per heavy atom. The van der Waals surface area contributed by atoms with E-state index in [2.05, 4.69) is 37.2 Å². The minimum Gasteiger partial charge on any atom is -0.377 e. The Hall–Kier alpha value is -1.26. The van der Waals surface area contributed by atoms with Crippen molar-refractivity contribution in [1.82, 2.24) is 0 Å². The Labute approximate surface area is 140 Å². The second-order valence-corrected chi connectivity index (χ2v) is 6.98. The van der Waals surface area contributed by atoms with Crippen LogP contribution in [0, 0.1) is 35.5 Å². The zero-order valence-corrected chi connectivity index (χ0v) is 14.5. The van der Waals surface area contributed by atoms with Gasteiger partial charge in [-0.15, -0.1) is 0 Å². The van der Waals surface area contributed by atoms with Gasteiger partial charge in [0.2, 0.25) is 0 Å². The number of hydrogen-bond acceptors (Lipinski definition) is 3. The van der Waals surface area contributed by atoms with Crippen LogP contribution in [-0.2, 0) is 9.47 Å². The third-order valence-electron chi connectivity index (χ3n) is 4.55. The van der Waals surface area contributed by atoms with Crippen LogP contribution in [-0.4, -0.2) is 29.2 Å². The minimum absolute atomic E-state index is 0.0104. The van der Waals surface area contributed by atoms with Crippen LogP contribution in [0.4, 0.5) is 0 Å². The zero-order chi connectivity index (χ0) is 16.9. The lowest BCUT2D eigenvalue weighted by Gasteiger charge is -2.39. The molecule has 126 valence electrons. The van der Waals surface area contributed by atoms with Gasteiger partial charge in [0.1, 0.15) is 6.10 Å². The number of aliphatic hydroxyl groups is 1. The molecule has 3 atom stereocenters. The topological polar surface area (TPSA) is 38.7 Å². The van der Waals surface area contributed by atoms with E-state index >= 15 is 0 Å². The molecule has 0 radical (unpaired) electrons. The summed E-state index contributed by atoms with van der Waals surface area (Å²) in [6, 6.07) is 0. The standard InChI is InChI=1S/C20H28O3/c1-5-10-15-13-16(14-15)19-18(22-20(3,4)23-19)12-9-7-8-11-17(21)6-2/h6,15-19,21H,2,5,10,12-14H2,1,3-4H3/t15?,16?,17-,18-,19-/m1/s1. The molecule has 1 heterocycles. The van der Waals surface area contributed by atoms with Gasteiger partial charge in [-0.05, 0) is 50.4 Å². The number of ether oxygens (including phenoxy) is 2. The van der Waals surface area contributed by atoms with E-state index in [-0.39, 0.29) is 12.2 Å². The van der Waals surface area contributed by atoms with Gasteiger partial charge in [0.05, 0.1) is 12.2 Å². The molecule has 3 nitrogen and oxygen atoms in total. The number of rotatable bonds is 5. The van der Waals surface area contributed by atoms with Gasteiger partial charge in [-0.25, -0.2) is 0 Å². The monoisotopic (exact) mass is 316 g/mol. The molecule has 23 heavy (non-hydrogen) atoms. The highest BCUT2D eigenvalue weighted by Crippen LogP contribution is 2.45. The Balaban J connectivity index is 1.89. The highest BCUT2D eigenvalue weighted by Gasteiger charge is 2.48. The van der Waals surface area contributed by atoms with Crippen molar-refractivity contribution < 1.29 is 14.6 Å². The van der Waals surface area contributed by atoms with E-state index in [0.29, 0.717) is 12.3 Å². The Morgan fingerprint density at radius 3 is 2.70 bits per heavy atom. The second kappa shape index (κ2) is 8.02. The molecule has 2 aliphatic rings. The smallest absolute Gasteiger partial charge is 0.163 e. The average molecular weight is 316 g/mol. The van der Waals surface area contributed by atoms with E-state index in [1.165, 1.54) is 31.8 Å². The lowest BCUT2D eigenvalue weighted by Crippen LogP contribution is -2.39. The van der Waals surface area contributed by atoms with Crippen molar-refractivity contribution in [3.05, 3.63) is 12.7 Å². The van der Waals surface area contributed by atoms with Gasteiger partial charge < -0.3 is 14.6 Å². The Kier molecular flexibility index (Phi) is 6.31. The van der Waals surface area contributed by atoms with E-state index in [4.69, 9.17) is 9.47 Å². The molecule has 2 fully saturated rings. The van der Waals surface area contributed by atoms with Crippen molar-refractivity contribution >= 4 is 0 Å². The SMILES string of the molecule is C=C[C@@H](O)C#CC#CC[C@H]1OC(C)(C)O[C@@H]1C1CC(CCC)C1. The van der Waals surface area contributed by atoms with Crippen molar-refractivity contribution in [2.45, 2.75) is 77.0 Å². The molecule has 1 N–H and O–H groups in total. The molecular formula is C20H28O3. The maximum absolute atomic E-state index is 9.26. The van der Waals surface area contributed by atoms with Crippen LogP contribution in [0.2, 0.25) is 0 Å². The van der Waals surface area contributed by atoms with E-state index in [0.717, 1.165) is 5.92 Å². The van der Waals surface area contributed by atoms with Crippen LogP contribution in [0.3, 0.4) is 0 Å². The molecule has 0 unspecified atom stereocenters. The van der Waals surface area contributed by atoms with Crippen molar-refractivity contribution in [3.8, 4) is 23.7 Å². The lowest BCUT2D eigenvalue weighted by atomic mass is 9.69.